The molecule has 0 spiro atoms. The molecule has 0 aromatic carbocycles. The van der Waals surface area contributed by atoms with Crippen LogP contribution < -0.4 is 0 Å². The quantitative estimate of drug-likeness (QED) is 0.613. The van der Waals surface area contributed by atoms with Crippen molar-refractivity contribution in [1.82, 2.24) is 9.80 Å². The summed E-state index contributed by atoms with van der Waals surface area (Å²) in [6.45, 7) is 8.99. The molecule has 0 aliphatic rings. The molecule has 0 radical (unpaired) electrons. The number of carbonyl (C=O) groups is 1. The molecule has 0 N–H and O–H groups in total. The Hall–Kier alpha value is -0.610. The van der Waals surface area contributed by atoms with E-state index in [9.17, 15) is 4.79 Å². The van der Waals surface area contributed by atoms with Gasteiger partial charge in [-0.15, -0.1) is 0 Å². The highest BCUT2D eigenvalue weighted by atomic mass is 16.5. The minimum Gasteiger partial charge on any atom is -0.381 e. The van der Waals surface area contributed by atoms with Gasteiger partial charge in [0.2, 0.25) is 5.91 Å². The summed E-state index contributed by atoms with van der Waals surface area (Å²) in [5.41, 5.74) is 0. The van der Waals surface area contributed by atoms with Crippen molar-refractivity contribution in [3.8, 4) is 0 Å². The number of ether oxygens (including phenoxy) is 1. The highest BCUT2D eigenvalue weighted by Gasteiger charge is 2.07. The van der Waals surface area contributed by atoms with Gasteiger partial charge in [0.25, 0.3) is 0 Å². The molecule has 0 aromatic heterocycles. The van der Waals surface area contributed by atoms with Crippen molar-refractivity contribution >= 4 is 5.91 Å². The molecule has 0 aliphatic heterocycles. The number of hydrogen-bond acceptors (Lipinski definition) is 3. The fraction of sp³-hybridized carbons (Fsp3) is 0.923. The first kappa shape index (κ1) is 18.7. The Morgan fingerprint density at radius 2 is 1.71 bits per heavy atom. The molecule has 0 saturated carbocycles. The predicted molar refractivity (Wildman–Crippen MR) is 73.3 cm³/mol. The fourth-order valence-corrected chi connectivity index (χ4v) is 1.24. The smallest absolute Gasteiger partial charge is 0.224 e. The normalized spacial score (nSPS) is 9.82. The summed E-state index contributed by atoms with van der Waals surface area (Å²) in [5, 5.41) is 0. The third-order valence-corrected chi connectivity index (χ3v) is 2.19. The molecule has 0 fully saturated rings. The Bertz CT molecular complexity index is 173. The first-order chi connectivity index (χ1) is 8.07. The van der Waals surface area contributed by atoms with Gasteiger partial charge in [-0.2, -0.15) is 0 Å². The second-order valence-corrected chi connectivity index (χ2v) is 3.92. The van der Waals surface area contributed by atoms with E-state index in [0.717, 1.165) is 19.5 Å². The maximum absolute atomic E-state index is 11.5. The van der Waals surface area contributed by atoms with E-state index in [2.05, 4.69) is 4.90 Å². The number of hydrogen-bond donors (Lipinski definition) is 0. The highest BCUT2D eigenvalue weighted by molar-refractivity contribution is 5.75. The van der Waals surface area contributed by atoms with E-state index in [1.54, 1.807) is 4.90 Å². The molecule has 0 aromatic rings. The number of carbonyl (C=O) groups excluding carboxylic acids is 1. The zero-order valence-electron chi connectivity index (χ0n) is 12.5. The van der Waals surface area contributed by atoms with Crippen LogP contribution in [0.15, 0.2) is 0 Å². The van der Waals surface area contributed by atoms with Crippen molar-refractivity contribution in [3.05, 3.63) is 0 Å². The van der Waals surface area contributed by atoms with Crippen molar-refractivity contribution in [1.29, 1.82) is 0 Å². The second-order valence-electron chi connectivity index (χ2n) is 3.92. The minimum atomic E-state index is 0.169. The van der Waals surface area contributed by atoms with Crippen LogP contribution in [0.3, 0.4) is 0 Å². The van der Waals surface area contributed by atoms with Crippen LogP contribution >= 0.6 is 0 Å². The van der Waals surface area contributed by atoms with Crippen molar-refractivity contribution in [3.63, 3.8) is 0 Å². The molecule has 1 amide bonds. The lowest BCUT2D eigenvalue weighted by Crippen LogP contribution is -2.30. The standard InChI is InChI=1S/C11H24N2O2.C2H6/c1-5-15-10-7-11(14)13(4)9-6-8-12(2)3;1-2/h5-10H2,1-4H3;1-2H3. The van der Waals surface area contributed by atoms with Crippen LogP contribution in [-0.2, 0) is 9.53 Å². The molecule has 4 heteroatoms. The van der Waals surface area contributed by atoms with Crippen LogP contribution in [0.25, 0.3) is 0 Å². The summed E-state index contributed by atoms with van der Waals surface area (Å²) < 4.78 is 5.14. The van der Waals surface area contributed by atoms with Gasteiger partial charge in [0.05, 0.1) is 13.0 Å². The minimum absolute atomic E-state index is 0.169. The Labute approximate surface area is 107 Å². The van der Waals surface area contributed by atoms with Crippen molar-refractivity contribution < 1.29 is 9.53 Å². The van der Waals surface area contributed by atoms with Gasteiger partial charge in [-0.25, -0.2) is 0 Å². The Morgan fingerprint density at radius 1 is 1.12 bits per heavy atom. The summed E-state index contributed by atoms with van der Waals surface area (Å²) in [7, 11) is 5.93. The number of rotatable bonds is 8. The lowest BCUT2D eigenvalue weighted by molar-refractivity contribution is -0.131. The molecule has 0 bridgehead atoms. The van der Waals surface area contributed by atoms with E-state index in [1.165, 1.54) is 0 Å². The SMILES string of the molecule is CC.CCOCCC(=O)N(C)CCCN(C)C. The topological polar surface area (TPSA) is 32.8 Å². The molecule has 0 atom stereocenters. The predicted octanol–water partition coefficient (Wildman–Crippen LogP) is 1.85. The maximum Gasteiger partial charge on any atom is 0.224 e. The summed E-state index contributed by atoms with van der Waals surface area (Å²) in [5.74, 6) is 0.169. The molecule has 0 aliphatic carbocycles. The van der Waals surface area contributed by atoms with Crippen molar-refractivity contribution in [2.75, 3.05) is 47.4 Å². The summed E-state index contributed by atoms with van der Waals surface area (Å²) in [6, 6.07) is 0. The summed E-state index contributed by atoms with van der Waals surface area (Å²) in [4.78, 5) is 15.4. The van der Waals surface area contributed by atoms with E-state index in [4.69, 9.17) is 4.74 Å². The van der Waals surface area contributed by atoms with Crippen molar-refractivity contribution in [2.24, 2.45) is 0 Å². The fourth-order valence-electron chi connectivity index (χ4n) is 1.24. The van der Waals surface area contributed by atoms with E-state index >= 15 is 0 Å². The molecule has 0 rings (SSSR count). The van der Waals surface area contributed by atoms with Gasteiger partial charge in [0.1, 0.15) is 0 Å². The van der Waals surface area contributed by atoms with Crippen LogP contribution in [0.2, 0.25) is 0 Å². The zero-order valence-corrected chi connectivity index (χ0v) is 12.5. The molecule has 104 valence electrons. The van der Waals surface area contributed by atoms with E-state index in [0.29, 0.717) is 19.6 Å². The van der Waals surface area contributed by atoms with Crippen LogP contribution in [0.1, 0.15) is 33.6 Å². The lowest BCUT2D eigenvalue weighted by atomic mass is 10.3. The second kappa shape index (κ2) is 13.5. The van der Waals surface area contributed by atoms with E-state index in [1.807, 2.05) is 41.9 Å². The average Bonchev–Trinajstić information content (AvgIpc) is 2.31. The monoisotopic (exact) mass is 246 g/mol. The van der Waals surface area contributed by atoms with Gasteiger partial charge in [-0.05, 0) is 34.0 Å². The Morgan fingerprint density at radius 3 is 2.18 bits per heavy atom. The van der Waals surface area contributed by atoms with E-state index < -0.39 is 0 Å². The maximum atomic E-state index is 11.5. The molecular formula is C13H30N2O2. The number of nitrogens with zero attached hydrogens (tertiary/aromatic N) is 2. The third kappa shape index (κ3) is 13.3. The van der Waals surface area contributed by atoms with Crippen LogP contribution in [0.4, 0.5) is 0 Å². The number of amides is 1. The molecule has 4 nitrogen and oxygen atoms in total. The third-order valence-electron chi connectivity index (χ3n) is 2.19. The molecule has 17 heavy (non-hydrogen) atoms. The molecular weight excluding hydrogens is 216 g/mol. The molecule has 0 heterocycles. The van der Waals surface area contributed by atoms with Gasteiger partial charge < -0.3 is 14.5 Å². The summed E-state index contributed by atoms with van der Waals surface area (Å²) in [6.07, 6.45) is 1.51. The van der Waals surface area contributed by atoms with Crippen LogP contribution in [-0.4, -0.2) is 63.2 Å². The zero-order chi connectivity index (χ0) is 13.7. The highest BCUT2D eigenvalue weighted by Crippen LogP contribution is 1.94. The summed E-state index contributed by atoms with van der Waals surface area (Å²) >= 11 is 0. The Kier molecular flexibility index (Phi) is 14.8. The van der Waals surface area contributed by atoms with E-state index in [-0.39, 0.29) is 5.91 Å². The van der Waals surface area contributed by atoms with Crippen LogP contribution in [0.5, 0.6) is 0 Å². The average molecular weight is 246 g/mol. The Balaban J connectivity index is 0. The molecule has 0 saturated heterocycles. The van der Waals surface area contributed by atoms with Gasteiger partial charge in [-0.3, -0.25) is 4.79 Å². The van der Waals surface area contributed by atoms with Crippen molar-refractivity contribution in [2.45, 2.75) is 33.6 Å². The largest absolute Gasteiger partial charge is 0.381 e. The molecule has 0 unspecified atom stereocenters. The van der Waals surface area contributed by atoms with Gasteiger partial charge in [0, 0.05) is 20.2 Å². The lowest BCUT2D eigenvalue weighted by Gasteiger charge is -2.18. The van der Waals surface area contributed by atoms with Gasteiger partial charge in [-0.1, -0.05) is 13.8 Å². The van der Waals surface area contributed by atoms with Crippen LogP contribution in [0, 0.1) is 0 Å². The first-order valence-corrected chi connectivity index (χ1v) is 6.54. The van der Waals surface area contributed by atoms with Gasteiger partial charge >= 0.3 is 0 Å². The van der Waals surface area contributed by atoms with Gasteiger partial charge in [0.15, 0.2) is 0 Å². The first-order valence-electron chi connectivity index (χ1n) is 6.54.